The van der Waals surface area contributed by atoms with Gasteiger partial charge in [-0.15, -0.1) is 0 Å². The van der Waals surface area contributed by atoms with Crippen molar-refractivity contribution >= 4 is 12.0 Å². The number of para-hydroxylation sites is 1. The van der Waals surface area contributed by atoms with Crippen LogP contribution in [0.2, 0.25) is 0 Å². The van der Waals surface area contributed by atoms with Crippen LogP contribution in [0.5, 0.6) is 5.75 Å². The Balaban J connectivity index is 1.72. The Kier molecular flexibility index (Phi) is 7.99. The van der Waals surface area contributed by atoms with Gasteiger partial charge in [-0.05, 0) is 68.2 Å². The SMILES string of the molecule is CCCOc1ccc(-c2nn(-c3ccccc3)cc2C=C(C#N)C(=O)NC2CCCCC2)c(C)c1. The standard InChI is InChI=1S/C29H32N4O2/c1-3-16-35-26-14-15-27(21(2)17-26)28-23(20-33(32-28)25-12-8-5-9-13-25)18-22(19-30)29(34)31-24-10-6-4-7-11-24/h5,8-9,12-15,17-18,20,24H,3-4,6-7,10-11,16H2,1-2H3,(H,31,34). The number of rotatable bonds is 8. The second-order valence-electron chi connectivity index (χ2n) is 9.02. The zero-order valence-electron chi connectivity index (χ0n) is 20.5. The molecule has 1 aliphatic rings. The molecule has 0 saturated heterocycles. The van der Waals surface area contributed by atoms with E-state index in [9.17, 15) is 10.1 Å². The number of carbonyl (C=O) groups excluding carboxylic acids is 1. The van der Waals surface area contributed by atoms with Crippen LogP contribution in [0.1, 0.15) is 56.6 Å². The lowest BCUT2D eigenvalue weighted by molar-refractivity contribution is -0.117. The van der Waals surface area contributed by atoms with E-state index in [2.05, 4.69) is 18.3 Å². The van der Waals surface area contributed by atoms with Crippen LogP contribution in [-0.4, -0.2) is 28.3 Å². The molecule has 180 valence electrons. The van der Waals surface area contributed by atoms with Crippen molar-refractivity contribution in [2.45, 2.75) is 58.4 Å². The number of nitrogens with one attached hydrogen (secondary N) is 1. The molecule has 1 aromatic heterocycles. The molecule has 6 nitrogen and oxygen atoms in total. The Bertz CT molecular complexity index is 1230. The van der Waals surface area contributed by atoms with Gasteiger partial charge in [-0.1, -0.05) is 44.4 Å². The van der Waals surface area contributed by atoms with Crippen molar-refractivity contribution < 1.29 is 9.53 Å². The summed E-state index contributed by atoms with van der Waals surface area (Å²) in [6.07, 6.45) is 9.83. The first-order valence-corrected chi connectivity index (χ1v) is 12.4. The predicted octanol–water partition coefficient (Wildman–Crippen LogP) is 5.99. The molecule has 6 heteroatoms. The lowest BCUT2D eigenvalue weighted by Crippen LogP contribution is -2.36. The summed E-state index contributed by atoms with van der Waals surface area (Å²) < 4.78 is 7.57. The van der Waals surface area contributed by atoms with Gasteiger partial charge >= 0.3 is 0 Å². The lowest BCUT2D eigenvalue weighted by atomic mass is 9.95. The fourth-order valence-corrected chi connectivity index (χ4v) is 4.44. The quantitative estimate of drug-likeness (QED) is 0.325. The maximum atomic E-state index is 12.9. The molecule has 1 aliphatic carbocycles. The molecule has 3 aromatic rings. The second-order valence-corrected chi connectivity index (χ2v) is 9.02. The van der Waals surface area contributed by atoms with Gasteiger partial charge in [-0.2, -0.15) is 10.4 Å². The number of hydrogen-bond acceptors (Lipinski definition) is 4. The monoisotopic (exact) mass is 468 g/mol. The Morgan fingerprint density at radius 1 is 1.20 bits per heavy atom. The van der Waals surface area contributed by atoms with Crippen molar-refractivity contribution in [3.05, 3.63) is 71.4 Å². The molecule has 1 fully saturated rings. The fourth-order valence-electron chi connectivity index (χ4n) is 4.44. The molecule has 0 spiro atoms. The maximum Gasteiger partial charge on any atom is 0.262 e. The molecule has 0 unspecified atom stereocenters. The number of benzene rings is 2. The highest BCUT2D eigenvalue weighted by Crippen LogP contribution is 2.31. The zero-order chi connectivity index (χ0) is 24.6. The largest absolute Gasteiger partial charge is 0.494 e. The summed E-state index contributed by atoms with van der Waals surface area (Å²) in [5.74, 6) is 0.495. The van der Waals surface area contributed by atoms with E-state index in [1.807, 2.05) is 61.7 Å². The maximum absolute atomic E-state index is 12.9. The number of amides is 1. The van der Waals surface area contributed by atoms with Gasteiger partial charge in [0.1, 0.15) is 23.1 Å². The summed E-state index contributed by atoms with van der Waals surface area (Å²) in [4.78, 5) is 12.9. The van der Waals surface area contributed by atoms with Crippen molar-refractivity contribution in [2.24, 2.45) is 0 Å². The van der Waals surface area contributed by atoms with Crippen LogP contribution in [0.15, 0.2) is 60.3 Å². The molecule has 1 saturated carbocycles. The summed E-state index contributed by atoms with van der Waals surface area (Å²) in [5, 5.41) is 17.7. The summed E-state index contributed by atoms with van der Waals surface area (Å²) in [6, 6.07) is 18.0. The third kappa shape index (κ3) is 5.99. The van der Waals surface area contributed by atoms with Crippen molar-refractivity contribution in [1.82, 2.24) is 15.1 Å². The van der Waals surface area contributed by atoms with E-state index in [4.69, 9.17) is 9.84 Å². The Morgan fingerprint density at radius 3 is 2.66 bits per heavy atom. The Labute approximate surface area is 207 Å². The summed E-state index contributed by atoms with van der Waals surface area (Å²) >= 11 is 0. The summed E-state index contributed by atoms with van der Waals surface area (Å²) in [6.45, 7) is 4.76. The number of aryl methyl sites for hydroxylation is 1. The van der Waals surface area contributed by atoms with Gasteiger partial charge in [0.05, 0.1) is 12.3 Å². The molecule has 2 aromatic carbocycles. The molecule has 0 aliphatic heterocycles. The number of aromatic nitrogens is 2. The van der Waals surface area contributed by atoms with Crippen LogP contribution in [0.25, 0.3) is 23.0 Å². The highest BCUT2D eigenvalue weighted by Gasteiger charge is 2.20. The van der Waals surface area contributed by atoms with Crippen LogP contribution in [0.4, 0.5) is 0 Å². The number of carbonyl (C=O) groups is 1. The molecule has 0 radical (unpaired) electrons. The van der Waals surface area contributed by atoms with Crippen molar-refractivity contribution in [1.29, 1.82) is 5.26 Å². The van der Waals surface area contributed by atoms with Crippen LogP contribution in [-0.2, 0) is 4.79 Å². The second kappa shape index (κ2) is 11.5. The van der Waals surface area contributed by atoms with Crippen molar-refractivity contribution in [3.8, 4) is 28.8 Å². The normalized spacial score (nSPS) is 14.4. The van der Waals surface area contributed by atoms with Crippen molar-refractivity contribution in [2.75, 3.05) is 6.61 Å². The average Bonchev–Trinajstić information content (AvgIpc) is 3.30. The fraction of sp³-hybridized carbons (Fsp3) is 0.345. The highest BCUT2D eigenvalue weighted by molar-refractivity contribution is 6.02. The van der Waals surface area contributed by atoms with E-state index in [1.165, 1.54) is 6.42 Å². The van der Waals surface area contributed by atoms with E-state index >= 15 is 0 Å². The minimum Gasteiger partial charge on any atom is -0.494 e. The molecule has 1 amide bonds. The third-order valence-corrected chi connectivity index (χ3v) is 6.29. The Morgan fingerprint density at radius 2 is 1.97 bits per heavy atom. The van der Waals surface area contributed by atoms with Crippen LogP contribution < -0.4 is 10.1 Å². The number of ether oxygens (including phenoxy) is 1. The van der Waals surface area contributed by atoms with Gasteiger partial charge in [0.25, 0.3) is 5.91 Å². The van der Waals surface area contributed by atoms with E-state index < -0.39 is 0 Å². The van der Waals surface area contributed by atoms with Gasteiger partial charge in [0.2, 0.25) is 0 Å². The van der Waals surface area contributed by atoms with E-state index in [1.54, 1.807) is 10.8 Å². The lowest BCUT2D eigenvalue weighted by Gasteiger charge is -2.22. The van der Waals surface area contributed by atoms with Gasteiger partial charge in [0, 0.05) is 23.4 Å². The topological polar surface area (TPSA) is 79.9 Å². The zero-order valence-corrected chi connectivity index (χ0v) is 20.5. The molecular formula is C29H32N4O2. The Hall–Kier alpha value is -3.85. The molecule has 35 heavy (non-hydrogen) atoms. The van der Waals surface area contributed by atoms with Crippen LogP contribution in [0.3, 0.4) is 0 Å². The first kappa shape index (κ1) is 24.3. The minimum absolute atomic E-state index is 0.0880. The first-order valence-electron chi connectivity index (χ1n) is 12.4. The van der Waals surface area contributed by atoms with Gasteiger partial charge in [-0.3, -0.25) is 4.79 Å². The van der Waals surface area contributed by atoms with E-state index in [0.717, 1.165) is 60.2 Å². The van der Waals surface area contributed by atoms with Crippen LogP contribution in [0, 0.1) is 18.3 Å². The predicted molar refractivity (Wildman–Crippen MR) is 138 cm³/mol. The van der Waals surface area contributed by atoms with Crippen LogP contribution >= 0.6 is 0 Å². The summed E-state index contributed by atoms with van der Waals surface area (Å²) in [5.41, 5.74) is 4.36. The van der Waals surface area contributed by atoms with E-state index in [0.29, 0.717) is 12.3 Å². The molecule has 0 atom stereocenters. The van der Waals surface area contributed by atoms with Gasteiger partial charge < -0.3 is 10.1 Å². The number of nitriles is 1. The average molecular weight is 469 g/mol. The molecule has 0 bridgehead atoms. The highest BCUT2D eigenvalue weighted by atomic mass is 16.5. The first-order chi connectivity index (χ1) is 17.1. The molecule has 4 rings (SSSR count). The summed E-state index contributed by atoms with van der Waals surface area (Å²) in [7, 11) is 0. The smallest absolute Gasteiger partial charge is 0.262 e. The van der Waals surface area contributed by atoms with Crippen molar-refractivity contribution in [3.63, 3.8) is 0 Å². The third-order valence-electron chi connectivity index (χ3n) is 6.29. The molecule has 1 N–H and O–H groups in total. The number of hydrogen-bond donors (Lipinski definition) is 1. The van der Waals surface area contributed by atoms with Gasteiger partial charge in [-0.25, -0.2) is 4.68 Å². The van der Waals surface area contributed by atoms with E-state index in [-0.39, 0.29) is 17.5 Å². The molecule has 1 heterocycles. The number of nitrogens with zero attached hydrogens (tertiary/aromatic N) is 3. The minimum atomic E-state index is -0.321. The van der Waals surface area contributed by atoms with Gasteiger partial charge in [0.15, 0.2) is 0 Å². The molecular weight excluding hydrogens is 436 g/mol.